The lowest BCUT2D eigenvalue weighted by molar-refractivity contribution is 0.0210. The van der Waals surface area contributed by atoms with Gasteiger partial charge in [0.2, 0.25) is 5.88 Å². The Morgan fingerprint density at radius 1 is 1.44 bits per heavy atom. The summed E-state index contributed by atoms with van der Waals surface area (Å²) in [6.07, 6.45) is -0.0285. The fourth-order valence-corrected chi connectivity index (χ4v) is 2.22. The zero-order valence-corrected chi connectivity index (χ0v) is 10.2. The Morgan fingerprint density at radius 3 is 2.78 bits per heavy atom. The number of likely N-dealkylation sites (tertiary alicyclic amines) is 1. The van der Waals surface area contributed by atoms with Gasteiger partial charge < -0.3 is 20.1 Å². The number of nitrogens with zero attached hydrogens (tertiary/aromatic N) is 2. The first-order valence-corrected chi connectivity index (χ1v) is 5.85. The highest BCUT2D eigenvalue weighted by Crippen LogP contribution is 2.21. The summed E-state index contributed by atoms with van der Waals surface area (Å²) >= 11 is 0. The van der Waals surface area contributed by atoms with E-state index >= 15 is 0 Å². The lowest BCUT2D eigenvalue weighted by Crippen LogP contribution is -2.38. The number of pyridine rings is 1. The maximum Gasteiger partial charge on any atom is 0.212 e. The molecule has 6 heteroatoms. The van der Waals surface area contributed by atoms with Crippen molar-refractivity contribution in [2.75, 3.05) is 20.3 Å². The SMILES string of the molecule is COc1ccc(CN2C[C@H](O)[C@H](O)[C@H]2CO)cn1. The first-order chi connectivity index (χ1) is 8.65. The largest absolute Gasteiger partial charge is 0.481 e. The summed E-state index contributed by atoms with van der Waals surface area (Å²) in [6, 6.07) is 3.20. The molecule has 1 saturated heterocycles. The van der Waals surface area contributed by atoms with Crippen LogP contribution >= 0.6 is 0 Å². The van der Waals surface area contributed by atoms with Gasteiger partial charge in [-0.25, -0.2) is 4.98 Å². The van der Waals surface area contributed by atoms with Crippen molar-refractivity contribution in [2.24, 2.45) is 0 Å². The minimum absolute atomic E-state index is 0.179. The van der Waals surface area contributed by atoms with Crippen molar-refractivity contribution in [3.8, 4) is 5.88 Å². The van der Waals surface area contributed by atoms with Crippen molar-refractivity contribution in [1.82, 2.24) is 9.88 Å². The van der Waals surface area contributed by atoms with Crippen molar-refractivity contribution < 1.29 is 20.1 Å². The van der Waals surface area contributed by atoms with Gasteiger partial charge in [0.25, 0.3) is 0 Å². The minimum Gasteiger partial charge on any atom is -0.481 e. The third-order valence-electron chi connectivity index (χ3n) is 3.26. The standard InChI is InChI=1S/C12H18N2O4/c1-18-11-3-2-8(4-13-11)5-14-6-10(16)12(17)9(14)7-15/h2-4,9-10,12,15-17H,5-7H2,1H3/t9-,10+,12-/m1/s1. The monoisotopic (exact) mass is 254 g/mol. The molecule has 3 atom stereocenters. The molecular formula is C12H18N2O4. The third kappa shape index (κ3) is 2.62. The maximum absolute atomic E-state index is 9.70. The van der Waals surface area contributed by atoms with Crippen LogP contribution in [0.3, 0.4) is 0 Å². The van der Waals surface area contributed by atoms with Crippen LogP contribution in [0, 0.1) is 0 Å². The summed E-state index contributed by atoms with van der Waals surface area (Å²) in [5.74, 6) is 0.541. The molecule has 18 heavy (non-hydrogen) atoms. The predicted octanol–water partition coefficient (Wildman–Crippen LogP) is -1.01. The molecule has 100 valence electrons. The second-order valence-electron chi connectivity index (χ2n) is 4.45. The van der Waals surface area contributed by atoms with E-state index in [0.717, 1.165) is 5.56 Å². The third-order valence-corrected chi connectivity index (χ3v) is 3.26. The smallest absolute Gasteiger partial charge is 0.212 e. The van der Waals surface area contributed by atoms with Crippen LogP contribution in [0.15, 0.2) is 18.3 Å². The zero-order chi connectivity index (χ0) is 13.1. The number of aliphatic hydroxyl groups is 3. The van der Waals surface area contributed by atoms with Gasteiger partial charge in [-0.05, 0) is 5.56 Å². The van der Waals surface area contributed by atoms with Crippen molar-refractivity contribution in [2.45, 2.75) is 24.8 Å². The summed E-state index contributed by atoms with van der Waals surface area (Å²) < 4.78 is 4.97. The summed E-state index contributed by atoms with van der Waals surface area (Å²) in [4.78, 5) is 5.94. The van der Waals surface area contributed by atoms with Crippen LogP contribution in [0.4, 0.5) is 0 Å². The Hall–Kier alpha value is -1.21. The van der Waals surface area contributed by atoms with Gasteiger partial charge in [0.1, 0.15) is 0 Å². The number of ether oxygens (including phenoxy) is 1. The molecule has 2 rings (SSSR count). The molecule has 1 aromatic heterocycles. The van der Waals surface area contributed by atoms with E-state index in [-0.39, 0.29) is 6.61 Å². The first kappa shape index (κ1) is 13.2. The second-order valence-corrected chi connectivity index (χ2v) is 4.45. The van der Waals surface area contributed by atoms with Gasteiger partial charge in [-0.1, -0.05) is 6.07 Å². The fraction of sp³-hybridized carbons (Fsp3) is 0.583. The number of methoxy groups -OCH3 is 1. The minimum atomic E-state index is -0.902. The van der Waals surface area contributed by atoms with E-state index in [0.29, 0.717) is 19.0 Å². The predicted molar refractivity (Wildman–Crippen MR) is 64.1 cm³/mol. The van der Waals surface area contributed by atoms with Crippen LogP contribution in [0.2, 0.25) is 0 Å². The molecule has 1 aromatic rings. The van der Waals surface area contributed by atoms with E-state index in [4.69, 9.17) is 4.74 Å². The van der Waals surface area contributed by atoms with Crippen molar-refractivity contribution >= 4 is 0 Å². The van der Waals surface area contributed by atoms with Crippen molar-refractivity contribution in [3.63, 3.8) is 0 Å². The summed E-state index contributed by atoms with van der Waals surface area (Å²) in [5.41, 5.74) is 0.940. The second kappa shape index (κ2) is 5.62. The Morgan fingerprint density at radius 2 is 2.22 bits per heavy atom. The Balaban J connectivity index is 2.04. The number of rotatable bonds is 4. The highest BCUT2D eigenvalue weighted by Gasteiger charge is 2.39. The Labute approximate surface area is 105 Å². The molecule has 0 radical (unpaired) electrons. The van der Waals surface area contributed by atoms with Gasteiger partial charge >= 0.3 is 0 Å². The molecular weight excluding hydrogens is 236 g/mol. The molecule has 2 heterocycles. The summed E-state index contributed by atoms with van der Waals surface area (Å²) in [6.45, 7) is 0.691. The molecule has 1 aliphatic rings. The van der Waals surface area contributed by atoms with E-state index in [2.05, 4.69) is 4.98 Å². The van der Waals surface area contributed by atoms with Crippen LogP contribution in [0.1, 0.15) is 5.56 Å². The van der Waals surface area contributed by atoms with Gasteiger partial charge in [-0.2, -0.15) is 0 Å². The van der Waals surface area contributed by atoms with Crippen molar-refractivity contribution in [1.29, 1.82) is 0 Å². The van der Waals surface area contributed by atoms with E-state index in [1.54, 1.807) is 19.4 Å². The molecule has 0 bridgehead atoms. The number of hydrogen-bond acceptors (Lipinski definition) is 6. The average molecular weight is 254 g/mol. The van der Waals surface area contributed by atoms with E-state index in [1.165, 1.54) is 0 Å². The van der Waals surface area contributed by atoms with Crippen LogP contribution in [0.5, 0.6) is 5.88 Å². The van der Waals surface area contributed by atoms with Crippen LogP contribution in [0.25, 0.3) is 0 Å². The zero-order valence-electron chi connectivity index (χ0n) is 10.2. The average Bonchev–Trinajstić information content (AvgIpc) is 2.65. The van der Waals surface area contributed by atoms with E-state index < -0.39 is 18.2 Å². The summed E-state index contributed by atoms with van der Waals surface area (Å²) in [7, 11) is 1.55. The van der Waals surface area contributed by atoms with Crippen LogP contribution < -0.4 is 4.74 Å². The maximum atomic E-state index is 9.70. The molecule has 0 amide bonds. The molecule has 0 unspecified atom stereocenters. The Bertz CT molecular complexity index is 384. The topological polar surface area (TPSA) is 86.1 Å². The van der Waals surface area contributed by atoms with E-state index in [9.17, 15) is 15.3 Å². The molecule has 1 fully saturated rings. The van der Waals surface area contributed by atoms with Crippen LogP contribution in [-0.2, 0) is 6.54 Å². The number of aliphatic hydroxyl groups excluding tert-OH is 3. The molecule has 0 spiro atoms. The van der Waals surface area contributed by atoms with Gasteiger partial charge in [0, 0.05) is 25.4 Å². The lowest BCUT2D eigenvalue weighted by Gasteiger charge is -2.23. The fourth-order valence-electron chi connectivity index (χ4n) is 2.22. The van der Waals surface area contributed by atoms with E-state index in [1.807, 2.05) is 11.0 Å². The molecule has 6 nitrogen and oxygen atoms in total. The molecule has 0 aliphatic carbocycles. The van der Waals surface area contributed by atoms with Gasteiger partial charge in [-0.3, -0.25) is 4.90 Å². The number of β-amino-alcohol motifs (C(OH)–C–C–N with tert-alkyl or cyclic N) is 1. The van der Waals surface area contributed by atoms with Crippen LogP contribution in [-0.4, -0.2) is 63.7 Å². The number of aromatic nitrogens is 1. The summed E-state index contributed by atoms with van der Waals surface area (Å²) in [5, 5.41) is 28.5. The van der Waals surface area contributed by atoms with Crippen molar-refractivity contribution in [3.05, 3.63) is 23.9 Å². The molecule has 0 aromatic carbocycles. The quantitative estimate of drug-likeness (QED) is 0.638. The molecule has 3 N–H and O–H groups in total. The lowest BCUT2D eigenvalue weighted by atomic mass is 10.1. The Kier molecular flexibility index (Phi) is 4.13. The highest BCUT2D eigenvalue weighted by atomic mass is 16.5. The van der Waals surface area contributed by atoms with Gasteiger partial charge in [-0.15, -0.1) is 0 Å². The molecule has 0 saturated carbocycles. The molecule has 1 aliphatic heterocycles. The van der Waals surface area contributed by atoms with Gasteiger partial charge in [0.15, 0.2) is 0 Å². The van der Waals surface area contributed by atoms with Gasteiger partial charge in [0.05, 0.1) is 32.0 Å². The number of hydrogen-bond donors (Lipinski definition) is 3. The first-order valence-electron chi connectivity index (χ1n) is 5.85. The highest BCUT2D eigenvalue weighted by molar-refractivity contribution is 5.18. The normalized spacial score (nSPS) is 28.6.